The van der Waals surface area contributed by atoms with Gasteiger partial charge < -0.3 is 10.6 Å². The van der Waals surface area contributed by atoms with E-state index in [4.69, 9.17) is 5.73 Å². The van der Waals surface area contributed by atoms with E-state index in [1.165, 1.54) is 32.1 Å². The summed E-state index contributed by atoms with van der Waals surface area (Å²) in [6.07, 6.45) is 8.03. The lowest BCUT2D eigenvalue weighted by Gasteiger charge is -2.39. The molecule has 0 radical (unpaired) electrons. The molecule has 1 aliphatic rings. The van der Waals surface area contributed by atoms with Crippen molar-refractivity contribution in [2.45, 2.75) is 71.8 Å². The SMILES string of the molecule is CCC(C)(C)C(=O)N(CCCN)C1CCCCC1. The Bertz CT molecular complexity index is 257. The first-order valence-electron chi connectivity index (χ1n) is 7.54. The molecule has 0 aromatic rings. The molecule has 1 amide bonds. The van der Waals surface area contributed by atoms with Gasteiger partial charge in [0.15, 0.2) is 0 Å². The van der Waals surface area contributed by atoms with Crippen molar-refractivity contribution in [3.8, 4) is 0 Å². The summed E-state index contributed by atoms with van der Waals surface area (Å²) in [7, 11) is 0. The predicted octanol–water partition coefficient (Wildman–Crippen LogP) is 2.93. The van der Waals surface area contributed by atoms with Crippen molar-refractivity contribution in [1.82, 2.24) is 4.90 Å². The molecule has 18 heavy (non-hydrogen) atoms. The lowest BCUT2D eigenvalue weighted by Crippen LogP contribution is -2.48. The Balaban J connectivity index is 2.72. The predicted molar refractivity (Wildman–Crippen MR) is 76.3 cm³/mol. The number of amides is 1. The second-order valence-corrected chi connectivity index (χ2v) is 6.17. The van der Waals surface area contributed by atoms with Gasteiger partial charge in [-0.2, -0.15) is 0 Å². The maximum Gasteiger partial charge on any atom is 0.228 e. The monoisotopic (exact) mass is 254 g/mol. The van der Waals surface area contributed by atoms with Crippen LogP contribution in [0.1, 0.15) is 65.7 Å². The van der Waals surface area contributed by atoms with Gasteiger partial charge in [-0.25, -0.2) is 0 Å². The second kappa shape index (κ2) is 7.13. The Kier molecular flexibility index (Phi) is 6.13. The van der Waals surface area contributed by atoms with Crippen LogP contribution in [0.4, 0.5) is 0 Å². The Morgan fingerprint density at radius 3 is 2.39 bits per heavy atom. The molecule has 0 unspecified atom stereocenters. The van der Waals surface area contributed by atoms with Gasteiger partial charge in [0.2, 0.25) is 5.91 Å². The van der Waals surface area contributed by atoms with E-state index in [1.54, 1.807) is 0 Å². The van der Waals surface area contributed by atoms with Gasteiger partial charge in [0.25, 0.3) is 0 Å². The fraction of sp³-hybridized carbons (Fsp3) is 0.933. The molecule has 106 valence electrons. The summed E-state index contributed by atoms with van der Waals surface area (Å²) < 4.78 is 0. The molecule has 1 fully saturated rings. The number of hydrogen-bond donors (Lipinski definition) is 1. The molecule has 0 aromatic carbocycles. The molecule has 1 rings (SSSR count). The highest BCUT2D eigenvalue weighted by molar-refractivity contribution is 5.82. The minimum Gasteiger partial charge on any atom is -0.339 e. The van der Waals surface area contributed by atoms with Gasteiger partial charge in [0, 0.05) is 18.0 Å². The van der Waals surface area contributed by atoms with Crippen molar-refractivity contribution >= 4 is 5.91 Å². The molecule has 0 aliphatic heterocycles. The van der Waals surface area contributed by atoms with E-state index in [0.29, 0.717) is 18.5 Å². The van der Waals surface area contributed by atoms with E-state index >= 15 is 0 Å². The molecule has 2 N–H and O–H groups in total. The molecule has 0 spiro atoms. The van der Waals surface area contributed by atoms with Crippen LogP contribution in [0.3, 0.4) is 0 Å². The minimum absolute atomic E-state index is 0.230. The first-order valence-corrected chi connectivity index (χ1v) is 7.54. The molecule has 0 aromatic heterocycles. The first-order chi connectivity index (χ1) is 8.53. The average Bonchev–Trinajstić information content (AvgIpc) is 2.40. The molecule has 1 saturated carbocycles. The average molecular weight is 254 g/mol. The lowest BCUT2D eigenvalue weighted by atomic mass is 9.86. The van der Waals surface area contributed by atoms with Crippen molar-refractivity contribution in [2.24, 2.45) is 11.1 Å². The molecule has 0 atom stereocenters. The maximum atomic E-state index is 12.7. The third kappa shape index (κ3) is 3.98. The van der Waals surface area contributed by atoms with Crippen molar-refractivity contribution in [1.29, 1.82) is 0 Å². The number of nitrogens with zero attached hydrogens (tertiary/aromatic N) is 1. The van der Waals surface area contributed by atoms with Crippen LogP contribution in [0.15, 0.2) is 0 Å². The molecule has 1 aliphatic carbocycles. The zero-order valence-corrected chi connectivity index (χ0v) is 12.4. The zero-order valence-electron chi connectivity index (χ0n) is 12.4. The summed E-state index contributed by atoms with van der Waals surface area (Å²) in [5.74, 6) is 0.324. The number of hydrogen-bond acceptors (Lipinski definition) is 2. The van der Waals surface area contributed by atoms with Gasteiger partial charge in [-0.3, -0.25) is 4.79 Å². The van der Waals surface area contributed by atoms with Gasteiger partial charge in [-0.15, -0.1) is 0 Å². The number of nitrogens with two attached hydrogens (primary N) is 1. The summed E-state index contributed by atoms with van der Waals surface area (Å²) in [4.78, 5) is 14.8. The van der Waals surface area contributed by atoms with Crippen LogP contribution >= 0.6 is 0 Å². The third-order valence-electron chi connectivity index (χ3n) is 4.34. The lowest BCUT2D eigenvalue weighted by molar-refractivity contribution is -0.143. The molecular weight excluding hydrogens is 224 g/mol. The number of carbonyl (C=O) groups excluding carboxylic acids is 1. The highest BCUT2D eigenvalue weighted by Crippen LogP contribution is 2.29. The molecule has 3 heteroatoms. The summed E-state index contributed by atoms with van der Waals surface area (Å²) >= 11 is 0. The van der Waals surface area contributed by atoms with Gasteiger partial charge in [-0.1, -0.05) is 40.0 Å². The topological polar surface area (TPSA) is 46.3 Å². The third-order valence-corrected chi connectivity index (χ3v) is 4.34. The minimum atomic E-state index is -0.230. The van der Waals surface area contributed by atoms with Gasteiger partial charge in [0.1, 0.15) is 0 Å². The van der Waals surface area contributed by atoms with E-state index in [1.807, 2.05) is 0 Å². The molecule has 3 nitrogen and oxygen atoms in total. The van der Waals surface area contributed by atoms with Crippen molar-refractivity contribution < 1.29 is 4.79 Å². The zero-order chi connectivity index (χ0) is 13.6. The van der Waals surface area contributed by atoms with Crippen molar-refractivity contribution in [3.63, 3.8) is 0 Å². The Morgan fingerprint density at radius 1 is 1.28 bits per heavy atom. The molecule has 0 saturated heterocycles. The second-order valence-electron chi connectivity index (χ2n) is 6.17. The van der Waals surface area contributed by atoms with E-state index in [9.17, 15) is 4.79 Å². The highest BCUT2D eigenvalue weighted by Gasteiger charge is 2.34. The van der Waals surface area contributed by atoms with Gasteiger partial charge >= 0.3 is 0 Å². The molecular formula is C15H30N2O. The summed E-state index contributed by atoms with van der Waals surface area (Å²) in [6, 6.07) is 0.462. The van der Waals surface area contributed by atoms with Gasteiger partial charge in [-0.05, 0) is 32.2 Å². The maximum absolute atomic E-state index is 12.7. The molecule has 0 heterocycles. The summed E-state index contributed by atoms with van der Waals surface area (Å²) in [5, 5.41) is 0. The first kappa shape index (κ1) is 15.5. The smallest absolute Gasteiger partial charge is 0.228 e. The Morgan fingerprint density at radius 2 is 1.89 bits per heavy atom. The Labute approximate surface area is 112 Å². The number of carbonyl (C=O) groups is 1. The number of rotatable bonds is 6. The van der Waals surface area contributed by atoms with Crippen LogP contribution in [-0.4, -0.2) is 29.9 Å². The summed E-state index contributed by atoms with van der Waals surface area (Å²) in [5.41, 5.74) is 5.38. The van der Waals surface area contributed by atoms with E-state index in [-0.39, 0.29) is 5.41 Å². The normalized spacial score (nSPS) is 17.8. The quantitative estimate of drug-likeness (QED) is 0.792. The van der Waals surface area contributed by atoms with E-state index < -0.39 is 0 Å². The van der Waals surface area contributed by atoms with Crippen LogP contribution in [0.5, 0.6) is 0 Å². The van der Waals surface area contributed by atoms with E-state index in [0.717, 1.165) is 19.4 Å². The fourth-order valence-electron chi connectivity index (χ4n) is 2.64. The standard InChI is InChI=1S/C15H30N2O/c1-4-15(2,3)14(18)17(12-8-11-16)13-9-6-5-7-10-13/h13H,4-12,16H2,1-3H3. The summed E-state index contributed by atoms with van der Waals surface area (Å²) in [6.45, 7) is 7.73. The van der Waals surface area contributed by atoms with Crippen LogP contribution in [0.25, 0.3) is 0 Å². The van der Waals surface area contributed by atoms with Crippen LogP contribution in [0.2, 0.25) is 0 Å². The van der Waals surface area contributed by atoms with Gasteiger partial charge in [0.05, 0.1) is 0 Å². The van der Waals surface area contributed by atoms with Crippen LogP contribution in [-0.2, 0) is 4.79 Å². The molecule has 0 bridgehead atoms. The highest BCUT2D eigenvalue weighted by atomic mass is 16.2. The van der Waals surface area contributed by atoms with Crippen molar-refractivity contribution in [2.75, 3.05) is 13.1 Å². The van der Waals surface area contributed by atoms with Crippen LogP contribution < -0.4 is 5.73 Å². The Hall–Kier alpha value is -0.570. The largest absolute Gasteiger partial charge is 0.339 e. The fourth-order valence-corrected chi connectivity index (χ4v) is 2.64. The van der Waals surface area contributed by atoms with Crippen LogP contribution in [0, 0.1) is 5.41 Å². The van der Waals surface area contributed by atoms with Crippen molar-refractivity contribution in [3.05, 3.63) is 0 Å². The van der Waals surface area contributed by atoms with E-state index in [2.05, 4.69) is 25.7 Å².